The Hall–Kier alpha value is -3.92. The van der Waals surface area contributed by atoms with Crippen LogP contribution in [0, 0.1) is 20.8 Å². The fourth-order valence-electron chi connectivity index (χ4n) is 4.46. The van der Waals surface area contributed by atoms with E-state index in [1.54, 1.807) is 12.1 Å². The lowest BCUT2D eigenvalue weighted by atomic mass is 9.93. The lowest BCUT2D eigenvalue weighted by Gasteiger charge is -2.15. The zero-order valence-corrected chi connectivity index (χ0v) is 19.8. The van der Waals surface area contributed by atoms with E-state index in [2.05, 4.69) is 0 Å². The normalized spacial score (nSPS) is 11.0. The molecule has 4 N–H and O–H groups in total. The highest BCUT2D eigenvalue weighted by molar-refractivity contribution is 5.52. The summed E-state index contributed by atoms with van der Waals surface area (Å²) >= 11 is 0. The van der Waals surface area contributed by atoms with Crippen LogP contribution in [0.1, 0.15) is 50.1 Å². The Kier molecular flexibility index (Phi) is 6.51. The van der Waals surface area contributed by atoms with Gasteiger partial charge in [-0.15, -0.1) is 0 Å². The van der Waals surface area contributed by atoms with E-state index in [1.165, 1.54) is 0 Å². The minimum absolute atomic E-state index is 0.169. The number of rotatable bonds is 6. The van der Waals surface area contributed by atoms with E-state index < -0.39 is 0 Å². The van der Waals surface area contributed by atoms with Gasteiger partial charge in [0, 0.05) is 19.3 Å². The van der Waals surface area contributed by atoms with Gasteiger partial charge in [0.25, 0.3) is 0 Å². The van der Waals surface area contributed by atoms with Crippen LogP contribution in [0.15, 0.2) is 66.7 Å². The number of para-hydroxylation sites is 1. The first-order valence-electron chi connectivity index (χ1n) is 11.4. The minimum atomic E-state index is 0.169. The molecule has 0 aliphatic rings. The van der Waals surface area contributed by atoms with Crippen LogP contribution in [0.25, 0.3) is 0 Å². The van der Waals surface area contributed by atoms with Gasteiger partial charge in [0.2, 0.25) is 0 Å². The van der Waals surface area contributed by atoms with Gasteiger partial charge in [0.1, 0.15) is 23.0 Å². The van der Waals surface area contributed by atoms with Crippen molar-refractivity contribution >= 4 is 0 Å². The van der Waals surface area contributed by atoms with Crippen LogP contribution in [0.2, 0.25) is 0 Å². The number of benzene rings is 4. The van der Waals surface area contributed by atoms with Gasteiger partial charge in [-0.3, -0.25) is 0 Å². The van der Waals surface area contributed by atoms with Crippen molar-refractivity contribution in [2.75, 3.05) is 0 Å². The highest BCUT2D eigenvalue weighted by atomic mass is 16.3. The van der Waals surface area contributed by atoms with Gasteiger partial charge in [-0.05, 0) is 66.3 Å². The Morgan fingerprint density at radius 3 is 1.32 bits per heavy atom. The van der Waals surface area contributed by atoms with Crippen molar-refractivity contribution in [3.05, 3.63) is 117 Å². The van der Waals surface area contributed by atoms with Crippen molar-refractivity contribution in [1.82, 2.24) is 0 Å². The molecule has 0 saturated carbocycles. The maximum absolute atomic E-state index is 11.1. The molecule has 0 amide bonds. The van der Waals surface area contributed by atoms with Crippen LogP contribution in [-0.2, 0) is 19.3 Å². The van der Waals surface area contributed by atoms with Crippen LogP contribution in [0.3, 0.4) is 0 Å². The summed E-state index contributed by atoms with van der Waals surface area (Å²) in [4.78, 5) is 0. The molecule has 174 valence electrons. The van der Waals surface area contributed by atoms with Gasteiger partial charge in [0.15, 0.2) is 0 Å². The smallest absolute Gasteiger partial charge is 0.122 e. The average molecular weight is 455 g/mol. The topological polar surface area (TPSA) is 80.9 Å². The first-order chi connectivity index (χ1) is 16.2. The summed E-state index contributed by atoms with van der Waals surface area (Å²) in [6, 6.07) is 20.3. The number of aryl methyl sites for hydroxylation is 3. The van der Waals surface area contributed by atoms with E-state index in [0.717, 1.165) is 38.9 Å². The lowest BCUT2D eigenvalue weighted by Crippen LogP contribution is -1.99. The average Bonchev–Trinajstić information content (AvgIpc) is 2.79. The maximum atomic E-state index is 11.1. The molecule has 0 radical (unpaired) electrons. The van der Waals surface area contributed by atoms with Crippen molar-refractivity contribution in [3.8, 4) is 23.0 Å². The number of hydrogen-bond acceptors (Lipinski definition) is 4. The van der Waals surface area contributed by atoms with Crippen LogP contribution >= 0.6 is 0 Å². The predicted octanol–water partition coefficient (Wildman–Crippen LogP) is 6.21. The predicted molar refractivity (Wildman–Crippen MR) is 135 cm³/mol. The summed E-state index contributed by atoms with van der Waals surface area (Å²) in [5.74, 6) is 0.753. The molecule has 0 fully saturated rings. The largest absolute Gasteiger partial charge is 0.508 e. The molecule has 0 atom stereocenters. The molecule has 0 aromatic heterocycles. The molecular weight excluding hydrogens is 424 g/mol. The third-order valence-corrected chi connectivity index (χ3v) is 6.23. The molecule has 4 aromatic carbocycles. The quantitative estimate of drug-likeness (QED) is 0.279. The first kappa shape index (κ1) is 23.2. The highest BCUT2D eigenvalue weighted by Gasteiger charge is 2.16. The van der Waals surface area contributed by atoms with Gasteiger partial charge in [0.05, 0.1) is 0 Å². The zero-order chi connectivity index (χ0) is 24.4. The molecule has 4 aromatic rings. The summed E-state index contributed by atoms with van der Waals surface area (Å²) in [6.07, 6.45) is 1.18. The van der Waals surface area contributed by atoms with Gasteiger partial charge in [-0.1, -0.05) is 71.3 Å². The van der Waals surface area contributed by atoms with E-state index in [9.17, 15) is 20.4 Å². The van der Waals surface area contributed by atoms with Crippen LogP contribution < -0.4 is 0 Å². The number of hydrogen-bond donors (Lipinski definition) is 4. The van der Waals surface area contributed by atoms with Crippen LogP contribution in [-0.4, -0.2) is 20.4 Å². The summed E-state index contributed by atoms with van der Waals surface area (Å²) in [7, 11) is 0. The summed E-state index contributed by atoms with van der Waals surface area (Å²) < 4.78 is 0. The molecule has 0 bridgehead atoms. The Morgan fingerprint density at radius 1 is 0.441 bits per heavy atom. The standard InChI is InChI=1S/C30H30O4/c1-18-7-9-27(31)23(11-18)15-21-5-4-6-22(29(21)33)16-25-13-20(3)14-26(30(25)34)17-24-12-19(2)8-10-28(24)32/h4-14,31-34H,15-17H2,1-3H3. The number of aromatic hydroxyl groups is 4. The molecular formula is C30H30O4. The maximum Gasteiger partial charge on any atom is 0.122 e. The van der Waals surface area contributed by atoms with Crippen molar-refractivity contribution in [3.63, 3.8) is 0 Å². The van der Waals surface area contributed by atoms with E-state index in [4.69, 9.17) is 0 Å². The summed E-state index contributed by atoms with van der Waals surface area (Å²) in [6.45, 7) is 5.91. The molecule has 4 rings (SSSR count). The zero-order valence-electron chi connectivity index (χ0n) is 19.8. The van der Waals surface area contributed by atoms with Crippen molar-refractivity contribution in [2.24, 2.45) is 0 Å². The SMILES string of the molecule is Cc1ccc(O)c(Cc2cccc(Cc3cc(C)cc(Cc4cc(C)ccc4O)c3O)c2O)c1. The fraction of sp³-hybridized carbons (Fsp3) is 0.200. The minimum Gasteiger partial charge on any atom is -0.508 e. The molecule has 0 spiro atoms. The van der Waals surface area contributed by atoms with E-state index in [1.807, 2.05) is 75.4 Å². The first-order valence-corrected chi connectivity index (χ1v) is 11.4. The van der Waals surface area contributed by atoms with Gasteiger partial charge in [-0.25, -0.2) is 0 Å². The van der Waals surface area contributed by atoms with Crippen LogP contribution in [0.5, 0.6) is 23.0 Å². The molecule has 0 unspecified atom stereocenters. The van der Waals surface area contributed by atoms with Crippen molar-refractivity contribution in [1.29, 1.82) is 0 Å². The number of phenols is 4. The molecule has 0 saturated heterocycles. The molecule has 4 nitrogen and oxygen atoms in total. The fourth-order valence-corrected chi connectivity index (χ4v) is 4.46. The Labute approximate surface area is 200 Å². The van der Waals surface area contributed by atoms with E-state index in [-0.39, 0.29) is 23.0 Å². The molecule has 0 aliphatic heterocycles. The van der Waals surface area contributed by atoms with Gasteiger partial charge >= 0.3 is 0 Å². The van der Waals surface area contributed by atoms with Gasteiger partial charge in [-0.2, -0.15) is 0 Å². The Bertz CT molecular complexity index is 1350. The van der Waals surface area contributed by atoms with Crippen molar-refractivity contribution in [2.45, 2.75) is 40.0 Å². The molecule has 0 aliphatic carbocycles. The third-order valence-electron chi connectivity index (χ3n) is 6.23. The van der Waals surface area contributed by atoms with Crippen molar-refractivity contribution < 1.29 is 20.4 Å². The second-order valence-electron chi connectivity index (χ2n) is 9.15. The van der Waals surface area contributed by atoms with Gasteiger partial charge < -0.3 is 20.4 Å². The second kappa shape index (κ2) is 9.52. The van der Waals surface area contributed by atoms with Crippen LogP contribution in [0.4, 0.5) is 0 Å². The van der Waals surface area contributed by atoms with E-state index >= 15 is 0 Å². The molecule has 4 heteroatoms. The summed E-state index contributed by atoms with van der Waals surface area (Å²) in [5, 5.41) is 42.5. The Morgan fingerprint density at radius 2 is 0.824 bits per heavy atom. The molecule has 34 heavy (non-hydrogen) atoms. The third kappa shape index (κ3) is 5.01. The lowest BCUT2D eigenvalue weighted by molar-refractivity contribution is 0.454. The molecule has 0 heterocycles. The monoisotopic (exact) mass is 454 g/mol. The van der Waals surface area contributed by atoms with E-state index in [0.29, 0.717) is 30.4 Å². The Balaban J connectivity index is 1.65. The second-order valence-corrected chi connectivity index (χ2v) is 9.15. The summed E-state index contributed by atoms with van der Waals surface area (Å²) in [5.41, 5.74) is 7.47. The highest BCUT2D eigenvalue weighted by Crippen LogP contribution is 2.34. The number of phenolic OH excluding ortho intramolecular Hbond substituents is 4.